The number of likely N-dealkylation sites (tertiary alicyclic amines) is 1. The standard InChI is InChI=1S/C28H26FNO5/c1-18-4-3-5-19(16-18)17-35-23-12-8-21(9-13-23)26(31)24-25(20-6-10-22(29)11-7-20)30(14-15-34-2)28(33)27(24)32/h3-13,16,25,31H,14-15,17H2,1-2H3/b26-24+/t25-/m0/s1. The number of Topliss-reactive ketones (excluding diaryl/α,β-unsaturated/α-hetero) is 1. The summed E-state index contributed by atoms with van der Waals surface area (Å²) in [5.41, 5.74) is 3.01. The number of nitrogens with zero attached hydrogens (tertiary/aromatic N) is 1. The minimum absolute atomic E-state index is 0.0499. The molecule has 0 bridgehead atoms. The molecule has 1 fully saturated rings. The van der Waals surface area contributed by atoms with Crippen molar-refractivity contribution in [1.29, 1.82) is 0 Å². The van der Waals surface area contributed by atoms with Crippen LogP contribution in [0.2, 0.25) is 0 Å². The van der Waals surface area contributed by atoms with Crippen LogP contribution >= 0.6 is 0 Å². The van der Waals surface area contributed by atoms with Gasteiger partial charge in [-0.05, 0) is 54.4 Å². The van der Waals surface area contributed by atoms with Gasteiger partial charge in [-0.1, -0.05) is 42.0 Å². The van der Waals surface area contributed by atoms with Gasteiger partial charge in [-0.25, -0.2) is 4.39 Å². The number of benzene rings is 3. The highest BCUT2D eigenvalue weighted by atomic mass is 19.1. The number of halogens is 1. The van der Waals surface area contributed by atoms with Crippen molar-refractivity contribution in [2.45, 2.75) is 19.6 Å². The van der Waals surface area contributed by atoms with E-state index in [0.717, 1.165) is 11.1 Å². The Morgan fingerprint density at radius 3 is 2.40 bits per heavy atom. The number of carbonyl (C=O) groups excluding carboxylic acids is 2. The minimum atomic E-state index is -0.858. The van der Waals surface area contributed by atoms with E-state index >= 15 is 0 Å². The molecule has 0 saturated carbocycles. The monoisotopic (exact) mass is 475 g/mol. The van der Waals surface area contributed by atoms with Gasteiger partial charge in [0.15, 0.2) is 0 Å². The number of aliphatic hydroxyl groups excluding tert-OH is 1. The predicted octanol–water partition coefficient (Wildman–Crippen LogP) is 4.78. The Morgan fingerprint density at radius 1 is 1.03 bits per heavy atom. The molecule has 1 atom stereocenters. The van der Waals surface area contributed by atoms with Crippen LogP contribution in [0.5, 0.6) is 5.75 Å². The van der Waals surface area contributed by atoms with Crippen LogP contribution < -0.4 is 4.74 Å². The third kappa shape index (κ3) is 5.25. The third-order valence-corrected chi connectivity index (χ3v) is 5.88. The average molecular weight is 476 g/mol. The lowest BCUT2D eigenvalue weighted by Crippen LogP contribution is -2.32. The zero-order valence-corrected chi connectivity index (χ0v) is 19.5. The zero-order valence-electron chi connectivity index (χ0n) is 19.5. The summed E-state index contributed by atoms with van der Waals surface area (Å²) in [5, 5.41) is 11.1. The maximum Gasteiger partial charge on any atom is 0.295 e. The van der Waals surface area contributed by atoms with E-state index in [-0.39, 0.29) is 24.5 Å². The summed E-state index contributed by atoms with van der Waals surface area (Å²) < 4.78 is 24.5. The molecule has 7 heteroatoms. The summed E-state index contributed by atoms with van der Waals surface area (Å²) in [7, 11) is 1.49. The molecule has 0 aromatic heterocycles. The number of methoxy groups -OCH3 is 1. The molecule has 0 radical (unpaired) electrons. The van der Waals surface area contributed by atoms with Gasteiger partial charge in [0.2, 0.25) is 0 Å². The van der Waals surface area contributed by atoms with Gasteiger partial charge in [-0.3, -0.25) is 9.59 Å². The fourth-order valence-electron chi connectivity index (χ4n) is 4.13. The van der Waals surface area contributed by atoms with E-state index in [1.807, 2.05) is 31.2 Å². The normalized spacial score (nSPS) is 17.1. The Hall–Kier alpha value is -3.97. The van der Waals surface area contributed by atoms with Crippen molar-refractivity contribution in [3.05, 3.63) is 106 Å². The van der Waals surface area contributed by atoms with E-state index in [9.17, 15) is 19.1 Å². The molecule has 0 spiro atoms. The lowest BCUT2D eigenvalue weighted by atomic mass is 9.95. The Balaban J connectivity index is 1.63. The average Bonchev–Trinajstić information content (AvgIpc) is 3.11. The molecule has 1 aliphatic heterocycles. The van der Waals surface area contributed by atoms with E-state index in [0.29, 0.717) is 23.5 Å². The van der Waals surface area contributed by atoms with Crippen molar-refractivity contribution < 1.29 is 28.6 Å². The number of carbonyl (C=O) groups is 2. The Labute approximate surface area is 203 Å². The number of aliphatic hydroxyl groups is 1. The maximum absolute atomic E-state index is 13.5. The smallest absolute Gasteiger partial charge is 0.295 e. The molecule has 1 heterocycles. The molecule has 3 aromatic carbocycles. The molecule has 0 aliphatic carbocycles. The fourth-order valence-corrected chi connectivity index (χ4v) is 4.13. The van der Waals surface area contributed by atoms with Crippen molar-refractivity contribution in [3.8, 4) is 5.75 Å². The predicted molar refractivity (Wildman–Crippen MR) is 129 cm³/mol. The van der Waals surface area contributed by atoms with Gasteiger partial charge in [0, 0.05) is 19.2 Å². The van der Waals surface area contributed by atoms with Crippen LogP contribution in [0.1, 0.15) is 28.3 Å². The SMILES string of the molecule is COCCN1C(=O)C(=O)/C(=C(/O)c2ccc(OCc3cccc(C)c3)cc2)[C@@H]1c1ccc(F)cc1. The van der Waals surface area contributed by atoms with Gasteiger partial charge >= 0.3 is 0 Å². The number of aryl methyl sites for hydroxylation is 1. The van der Waals surface area contributed by atoms with Crippen molar-refractivity contribution >= 4 is 17.4 Å². The van der Waals surface area contributed by atoms with Gasteiger partial charge in [0.05, 0.1) is 18.2 Å². The summed E-state index contributed by atoms with van der Waals surface area (Å²) in [6, 6.07) is 19.3. The number of hydrogen-bond donors (Lipinski definition) is 1. The van der Waals surface area contributed by atoms with E-state index < -0.39 is 23.5 Å². The first kappa shape index (κ1) is 24.2. The number of ether oxygens (including phenoxy) is 2. The van der Waals surface area contributed by atoms with Crippen molar-refractivity contribution in [1.82, 2.24) is 4.90 Å². The molecular formula is C28H26FNO5. The number of amides is 1. The zero-order chi connectivity index (χ0) is 24.9. The Bertz CT molecular complexity index is 1250. The highest BCUT2D eigenvalue weighted by Crippen LogP contribution is 2.39. The third-order valence-electron chi connectivity index (χ3n) is 5.88. The molecule has 35 heavy (non-hydrogen) atoms. The van der Waals surface area contributed by atoms with Crippen LogP contribution in [-0.2, 0) is 20.9 Å². The van der Waals surface area contributed by atoms with Crippen LogP contribution in [0.15, 0.2) is 78.4 Å². The second-order valence-corrected chi connectivity index (χ2v) is 8.34. The second kappa shape index (κ2) is 10.5. The van der Waals surface area contributed by atoms with Gasteiger partial charge in [0.25, 0.3) is 11.7 Å². The molecule has 180 valence electrons. The second-order valence-electron chi connectivity index (χ2n) is 8.34. The molecule has 1 N–H and O–H groups in total. The van der Waals surface area contributed by atoms with Crippen LogP contribution in [0.25, 0.3) is 5.76 Å². The number of hydrogen-bond acceptors (Lipinski definition) is 5. The van der Waals surface area contributed by atoms with Crippen LogP contribution in [0.4, 0.5) is 4.39 Å². The highest BCUT2D eigenvalue weighted by molar-refractivity contribution is 6.46. The first-order valence-electron chi connectivity index (χ1n) is 11.2. The van der Waals surface area contributed by atoms with Crippen LogP contribution in [0, 0.1) is 12.7 Å². The van der Waals surface area contributed by atoms with Crippen molar-refractivity contribution in [2.24, 2.45) is 0 Å². The summed E-state index contributed by atoms with van der Waals surface area (Å²) in [4.78, 5) is 27.1. The largest absolute Gasteiger partial charge is 0.507 e. The van der Waals surface area contributed by atoms with Gasteiger partial charge < -0.3 is 19.5 Å². The molecular weight excluding hydrogens is 449 g/mol. The minimum Gasteiger partial charge on any atom is -0.507 e. The molecule has 1 amide bonds. The quantitative estimate of drug-likeness (QED) is 0.288. The molecule has 3 aromatic rings. The van der Waals surface area contributed by atoms with Gasteiger partial charge in [-0.2, -0.15) is 0 Å². The molecule has 1 aliphatic rings. The van der Waals surface area contributed by atoms with Crippen molar-refractivity contribution in [2.75, 3.05) is 20.3 Å². The van der Waals surface area contributed by atoms with E-state index in [1.54, 1.807) is 24.3 Å². The molecule has 4 rings (SSSR count). The highest BCUT2D eigenvalue weighted by Gasteiger charge is 2.45. The lowest BCUT2D eigenvalue weighted by molar-refractivity contribution is -0.140. The first-order valence-corrected chi connectivity index (χ1v) is 11.2. The van der Waals surface area contributed by atoms with Gasteiger partial charge in [0.1, 0.15) is 23.9 Å². The molecule has 1 saturated heterocycles. The van der Waals surface area contributed by atoms with E-state index in [1.165, 1.54) is 36.3 Å². The van der Waals surface area contributed by atoms with E-state index in [4.69, 9.17) is 9.47 Å². The van der Waals surface area contributed by atoms with Crippen molar-refractivity contribution in [3.63, 3.8) is 0 Å². The summed E-state index contributed by atoms with van der Waals surface area (Å²) in [6.45, 7) is 2.75. The number of rotatable bonds is 8. The Morgan fingerprint density at radius 2 is 1.74 bits per heavy atom. The van der Waals surface area contributed by atoms with E-state index in [2.05, 4.69) is 0 Å². The van der Waals surface area contributed by atoms with Gasteiger partial charge in [-0.15, -0.1) is 0 Å². The first-order chi connectivity index (χ1) is 16.9. The summed E-state index contributed by atoms with van der Waals surface area (Å²) in [6.07, 6.45) is 0. The summed E-state index contributed by atoms with van der Waals surface area (Å²) in [5.74, 6) is -1.69. The van der Waals surface area contributed by atoms with Crippen LogP contribution in [0.3, 0.4) is 0 Å². The molecule has 0 unspecified atom stereocenters. The number of ketones is 1. The maximum atomic E-state index is 13.5. The fraction of sp³-hybridized carbons (Fsp3) is 0.214. The summed E-state index contributed by atoms with van der Waals surface area (Å²) >= 11 is 0. The lowest BCUT2D eigenvalue weighted by Gasteiger charge is -2.25. The molecule has 6 nitrogen and oxygen atoms in total. The topological polar surface area (TPSA) is 76.1 Å². The Kier molecular flexibility index (Phi) is 7.27. The van der Waals surface area contributed by atoms with Crippen LogP contribution in [-0.4, -0.2) is 42.0 Å².